The lowest BCUT2D eigenvalue weighted by Gasteiger charge is -2.21. The third kappa shape index (κ3) is 1.53. The molecule has 3 unspecified atom stereocenters. The van der Waals surface area contributed by atoms with E-state index in [1.165, 1.54) is 48.5 Å². The van der Waals surface area contributed by atoms with Gasteiger partial charge in [0.05, 0.1) is 5.69 Å². The molecule has 0 spiro atoms. The van der Waals surface area contributed by atoms with Gasteiger partial charge in [0.2, 0.25) is 0 Å². The van der Waals surface area contributed by atoms with Crippen LogP contribution < -0.4 is 5.32 Å². The zero-order valence-corrected chi connectivity index (χ0v) is 11.1. The Morgan fingerprint density at radius 1 is 1.17 bits per heavy atom. The first-order valence-electron chi connectivity index (χ1n) is 7.44. The zero-order chi connectivity index (χ0) is 12.1. The van der Waals surface area contributed by atoms with Gasteiger partial charge in [-0.2, -0.15) is 0 Å². The summed E-state index contributed by atoms with van der Waals surface area (Å²) in [4.78, 5) is 9.80. The van der Waals surface area contributed by atoms with Gasteiger partial charge in [-0.15, -0.1) is 0 Å². The summed E-state index contributed by atoms with van der Waals surface area (Å²) in [6, 6.07) is 0. The smallest absolute Gasteiger partial charge is 0.132 e. The average molecular weight is 243 g/mol. The second-order valence-electron chi connectivity index (χ2n) is 6.19. The normalized spacial score (nSPS) is 33.1. The molecule has 1 aliphatic heterocycles. The van der Waals surface area contributed by atoms with Crippen molar-refractivity contribution in [3.63, 3.8) is 0 Å². The first kappa shape index (κ1) is 10.9. The van der Waals surface area contributed by atoms with E-state index in [-0.39, 0.29) is 0 Å². The molecular weight excluding hydrogens is 222 g/mol. The zero-order valence-electron chi connectivity index (χ0n) is 11.1. The highest BCUT2D eigenvalue weighted by atomic mass is 15.0. The molecule has 0 amide bonds. The molecule has 2 saturated carbocycles. The van der Waals surface area contributed by atoms with Crippen molar-refractivity contribution in [2.24, 2.45) is 11.8 Å². The average Bonchev–Trinajstić information content (AvgIpc) is 3.12. The molecule has 0 radical (unpaired) electrons. The van der Waals surface area contributed by atoms with Gasteiger partial charge in [-0.25, -0.2) is 9.97 Å². The number of hydrogen-bond acceptors (Lipinski definition) is 3. The number of aromatic nitrogens is 2. The lowest BCUT2D eigenvalue weighted by molar-refractivity contribution is 0.403. The van der Waals surface area contributed by atoms with E-state index in [9.17, 15) is 0 Å². The standard InChI is InChI=1S/C15H21N3/c1-2-13-12-7-16-8-14(12)18-15(17-13)11-6-9-3-4-10(11)5-9/h9-11,16H,2-8H2,1H3. The van der Waals surface area contributed by atoms with E-state index >= 15 is 0 Å². The summed E-state index contributed by atoms with van der Waals surface area (Å²) in [6.07, 6.45) is 6.69. The SMILES string of the molecule is CCc1nc(C2CC3CCC2C3)nc2c1CNC2. The Morgan fingerprint density at radius 3 is 2.83 bits per heavy atom. The maximum absolute atomic E-state index is 4.91. The topological polar surface area (TPSA) is 37.8 Å². The lowest BCUT2D eigenvalue weighted by atomic mass is 9.88. The van der Waals surface area contributed by atoms with Crippen LogP contribution in [0.4, 0.5) is 0 Å². The molecule has 1 N–H and O–H groups in total. The van der Waals surface area contributed by atoms with Crippen LogP contribution in [0.25, 0.3) is 0 Å². The van der Waals surface area contributed by atoms with Crippen LogP contribution in [0.5, 0.6) is 0 Å². The fraction of sp³-hybridized carbons (Fsp3) is 0.733. The van der Waals surface area contributed by atoms with Crippen molar-refractivity contribution < 1.29 is 0 Å². The molecule has 2 heterocycles. The molecule has 4 rings (SSSR count). The third-order valence-corrected chi connectivity index (χ3v) is 5.19. The van der Waals surface area contributed by atoms with E-state index in [4.69, 9.17) is 9.97 Å². The maximum atomic E-state index is 4.91. The van der Waals surface area contributed by atoms with Crippen molar-refractivity contribution in [3.8, 4) is 0 Å². The molecule has 3 nitrogen and oxygen atoms in total. The van der Waals surface area contributed by atoms with Crippen molar-refractivity contribution in [3.05, 3.63) is 22.8 Å². The van der Waals surface area contributed by atoms with E-state index in [1.807, 2.05) is 0 Å². The summed E-state index contributed by atoms with van der Waals surface area (Å²) in [7, 11) is 0. The van der Waals surface area contributed by atoms with Crippen molar-refractivity contribution >= 4 is 0 Å². The van der Waals surface area contributed by atoms with E-state index in [0.29, 0.717) is 5.92 Å². The van der Waals surface area contributed by atoms with Gasteiger partial charge in [-0.3, -0.25) is 0 Å². The van der Waals surface area contributed by atoms with E-state index < -0.39 is 0 Å². The number of nitrogens with one attached hydrogen (secondary N) is 1. The number of aryl methyl sites for hydroxylation is 1. The maximum Gasteiger partial charge on any atom is 0.132 e. The Kier molecular flexibility index (Phi) is 2.44. The van der Waals surface area contributed by atoms with Gasteiger partial charge in [0.25, 0.3) is 0 Å². The minimum atomic E-state index is 0.667. The molecule has 2 aliphatic carbocycles. The molecule has 3 atom stereocenters. The summed E-state index contributed by atoms with van der Waals surface area (Å²) < 4.78 is 0. The molecule has 1 aromatic rings. The van der Waals surface area contributed by atoms with Crippen LogP contribution in [-0.2, 0) is 19.5 Å². The van der Waals surface area contributed by atoms with Crippen LogP contribution in [0, 0.1) is 11.8 Å². The van der Waals surface area contributed by atoms with E-state index in [0.717, 1.165) is 31.3 Å². The molecule has 2 bridgehead atoms. The van der Waals surface area contributed by atoms with Crippen LogP contribution in [0.2, 0.25) is 0 Å². The molecule has 96 valence electrons. The van der Waals surface area contributed by atoms with Gasteiger partial charge in [0, 0.05) is 30.3 Å². The van der Waals surface area contributed by atoms with Crippen LogP contribution in [0.15, 0.2) is 0 Å². The summed E-state index contributed by atoms with van der Waals surface area (Å²) in [5.74, 6) is 3.69. The van der Waals surface area contributed by atoms with Gasteiger partial charge in [0.15, 0.2) is 0 Å². The Hall–Kier alpha value is -0.960. The Morgan fingerprint density at radius 2 is 2.11 bits per heavy atom. The Balaban J connectivity index is 1.73. The van der Waals surface area contributed by atoms with Crippen LogP contribution in [0.3, 0.4) is 0 Å². The summed E-state index contributed by atoms with van der Waals surface area (Å²) in [5.41, 5.74) is 3.95. The lowest BCUT2D eigenvalue weighted by Crippen LogP contribution is -2.15. The number of rotatable bonds is 2. The van der Waals surface area contributed by atoms with Crippen LogP contribution in [-0.4, -0.2) is 9.97 Å². The second-order valence-corrected chi connectivity index (χ2v) is 6.19. The van der Waals surface area contributed by atoms with Gasteiger partial charge < -0.3 is 5.32 Å². The fourth-order valence-corrected chi connectivity index (χ4v) is 4.28. The molecule has 18 heavy (non-hydrogen) atoms. The molecule has 0 aromatic carbocycles. The molecule has 0 saturated heterocycles. The first-order chi connectivity index (χ1) is 8.85. The monoisotopic (exact) mass is 243 g/mol. The predicted molar refractivity (Wildman–Crippen MR) is 70.1 cm³/mol. The predicted octanol–water partition coefficient (Wildman–Crippen LogP) is 2.55. The fourth-order valence-electron chi connectivity index (χ4n) is 4.28. The largest absolute Gasteiger partial charge is 0.307 e. The highest BCUT2D eigenvalue weighted by molar-refractivity contribution is 5.30. The Bertz CT molecular complexity index is 483. The van der Waals surface area contributed by atoms with Crippen LogP contribution in [0.1, 0.15) is 61.3 Å². The molecule has 2 fully saturated rings. The van der Waals surface area contributed by atoms with Crippen molar-refractivity contribution in [1.29, 1.82) is 0 Å². The number of nitrogens with zero attached hydrogens (tertiary/aromatic N) is 2. The van der Waals surface area contributed by atoms with Gasteiger partial charge in [-0.1, -0.05) is 13.3 Å². The van der Waals surface area contributed by atoms with Crippen molar-refractivity contribution in [1.82, 2.24) is 15.3 Å². The van der Waals surface area contributed by atoms with Crippen molar-refractivity contribution in [2.75, 3.05) is 0 Å². The Labute approximate surface area is 108 Å². The summed E-state index contributed by atoms with van der Waals surface area (Å²) >= 11 is 0. The number of hydrogen-bond donors (Lipinski definition) is 1. The van der Waals surface area contributed by atoms with Gasteiger partial charge >= 0.3 is 0 Å². The number of fused-ring (bicyclic) bond motifs is 3. The highest BCUT2D eigenvalue weighted by Crippen LogP contribution is 2.52. The summed E-state index contributed by atoms with van der Waals surface area (Å²) in [5, 5.41) is 3.41. The molecule has 1 aromatic heterocycles. The van der Waals surface area contributed by atoms with E-state index in [2.05, 4.69) is 12.2 Å². The second kappa shape index (κ2) is 4.02. The molecular formula is C15H21N3. The van der Waals surface area contributed by atoms with E-state index in [1.54, 1.807) is 0 Å². The van der Waals surface area contributed by atoms with Crippen LogP contribution >= 0.6 is 0 Å². The summed E-state index contributed by atoms with van der Waals surface area (Å²) in [6.45, 7) is 4.12. The highest BCUT2D eigenvalue weighted by Gasteiger charge is 2.42. The quantitative estimate of drug-likeness (QED) is 0.867. The minimum absolute atomic E-state index is 0.667. The van der Waals surface area contributed by atoms with Gasteiger partial charge in [0.1, 0.15) is 5.82 Å². The molecule has 3 aliphatic rings. The van der Waals surface area contributed by atoms with Crippen molar-refractivity contribution in [2.45, 2.75) is 58.0 Å². The van der Waals surface area contributed by atoms with Gasteiger partial charge in [-0.05, 0) is 37.5 Å². The minimum Gasteiger partial charge on any atom is -0.307 e. The first-order valence-corrected chi connectivity index (χ1v) is 7.44. The molecule has 3 heteroatoms. The third-order valence-electron chi connectivity index (χ3n) is 5.19.